The van der Waals surface area contributed by atoms with E-state index in [1.54, 1.807) is 11.4 Å². The predicted molar refractivity (Wildman–Crippen MR) is 124 cm³/mol. The molecule has 3 aromatic rings. The van der Waals surface area contributed by atoms with Crippen LogP contribution >= 0.6 is 11.3 Å². The van der Waals surface area contributed by atoms with Crippen LogP contribution in [-0.4, -0.2) is 44.7 Å². The van der Waals surface area contributed by atoms with E-state index in [1.807, 2.05) is 60.7 Å². The highest BCUT2D eigenvalue weighted by Crippen LogP contribution is 2.16. The predicted octanol–water partition coefficient (Wildman–Crippen LogP) is 2.33. The molecule has 0 spiro atoms. The summed E-state index contributed by atoms with van der Waals surface area (Å²) in [6.45, 7) is -0.205. The number of hydrogen-bond donors (Lipinski definition) is 3. The minimum Gasteiger partial charge on any atom is -0.394 e. The lowest BCUT2D eigenvalue weighted by Gasteiger charge is -2.22. The number of sulfonamides is 1. The Hall–Kier alpha value is -2.56. The minimum atomic E-state index is -3.89. The van der Waals surface area contributed by atoms with Crippen molar-refractivity contribution in [2.45, 2.75) is 29.3 Å². The second kappa shape index (κ2) is 11.9. The number of amides is 1. The Kier molecular flexibility index (Phi) is 8.95. The number of hydrogen-bond acceptors (Lipinski definition) is 6. The summed E-state index contributed by atoms with van der Waals surface area (Å²) in [6, 6.07) is 20.2. The molecule has 0 radical (unpaired) electrons. The number of ether oxygens (including phenoxy) is 1. The van der Waals surface area contributed by atoms with Gasteiger partial charge in [-0.1, -0.05) is 66.7 Å². The van der Waals surface area contributed by atoms with E-state index in [0.29, 0.717) is 6.42 Å². The molecule has 9 heteroatoms. The second-order valence-corrected chi connectivity index (χ2v) is 10.1. The highest BCUT2D eigenvalue weighted by atomic mass is 32.2. The number of aliphatic hydroxyl groups is 1. The van der Waals surface area contributed by atoms with Gasteiger partial charge in [-0.15, -0.1) is 11.3 Å². The summed E-state index contributed by atoms with van der Waals surface area (Å²) in [7, 11) is -3.89. The Balaban J connectivity index is 1.68. The van der Waals surface area contributed by atoms with Gasteiger partial charge in [-0.05, 0) is 29.0 Å². The van der Waals surface area contributed by atoms with Crippen molar-refractivity contribution in [1.29, 1.82) is 0 Å². The van der Waals surface area contributed by atoms with Gasteiger partial charge >= 0.3 is 0 Å². The Morgan fingerprint density at radius 1 is 0.969 bits per heavy atom. The molecule has 2 atom stereocenters. The zero-order valence-electron chi connectivity index (χ0n) is 17.4. The molecule has 0 bridgehead atoms. The van der Waals surface area contributed by atoms with E-state index in [2.05, 4.69) is 10.0 Å². The van der Waals surface area contributed by atoms with E-state index in [1.165, 1.54) is 6.07 Å². The average Bonchev–Trinajstić information content (AvgIpc) is 3.35. The van der Waals surface area contributed by atoms with Gasteiger partial charge in [0.15, 0.2) is 0 Å². The molecule has 0 aliphatic heterocycles. The van der Waals surface area contributed by atoms with Gasteiger partial charge in [0.2, 0.25) is 5.91 Å². The molecular formula is C23H26N2O5S2. The first kappa shape index (κ1) is 24.1. The van der Waals surface area contributed by atoms with Crippen LogP contribution in [0.5, 0.6) is 0 Å². The van der Waals surface area contributed by atoms with Crippen LogP contribution in [-0.2, 0) is 32.6 Å². The number of carbonyl (C=O) groups excluding carboxylic acids is 1. The van der Waals surface area contributed by atoms with Gasteiger partial charge < -0.3 is 15.2 Å². The van der Waals surface area contributed by atoms with Crippen LogP contribution < -0.4 is 10.0 Å². The van der Waals surface area contributed by atoms with E-state index in [9.17, 15) is 18.3 Å². The van der Waals surface area contributed by atoms with Crippen molar-refractivity contribution in [2.24, 2.45) is 0 Å². The number of aliphatic hydroxyl groups excluding tert-OH is 1. The Morgan fingerprint density at radius 2 is 1.62 bits per heavy atom. The van der Waals surface area contributed by atoms with Crippen molar-refractivity contribution >= 4 is 27.3 Å². The summed E-state index contributed by atoms with van der Waals surface area (Å²) in [5.74, 6) is -0.562. The molecule has 0 aliphatic carbocycles. The number of thiophene rings is 1. The maximum Gasteiger partial charge on any atom is 0.250 e. The van der Waals surface area contributed by atoms with E-state index in [0.717, 1.165) is 22.5 Å². The van der Waals surface area contributed by atoms with E-state index in [4.69, 9.17) is 4.74 Å². The van der Waals surface area contributed by atoms with Crippen LogP contribution in [0.25, 0.3) is 0 Å². The summed E-state index contributed by atoms with van der Waals surface area (Å²) < 4.78 is 33.6. The molecule has 170 valence electrons. The molecule has 32 heavy (non-hydrogen) atoms. The summed E-state index contributed by atoms with van der Waals surface area (Å²) in [4.78, 5) is 13.0. The van der Waals surface area contributed by atoms with Gasteiger partial charge in [0, 0.05) is 0 Å². The van der Waals surface area contributed by atoms with Crippen LogP contribution in [0.15, 0.2) is 82.4 Å². The number of nitrogens with one attached hydrogen (secondary N) is 2. The minimum absolute atomic E-state index is 0.112. The molecule has 0 saturated carbocycles. The van der Waals surface area contributed by atoms with Crippen molar-refractivity contribution < 1.29 is 23.1 Å². The quantitative estimate of drug-likeness (QED) is 0.374. The number of carbonyl (C=O) groups is 1. The van der Waals surface area contributed by atoms with Crippen LogP contribution in [0, 0.1) is 0 Å². The van der Waals surface area contributed by atoms with Gasteiger partial charge in [-0.2, -0.15) is 4.72 Å². The summed E-state index contributed by atoms with van der Waals surface area (Å²) in [5.41, 5.74) is 1.85. The van der Waals surface area contributed by atoms with Crippen LogP contribution in [0.1, 0.15) is 11.1 Å². The normalized spacial score (nSPS) is 13.4. The molecule has 1 aromatic heterocycles. The monoisotopic (exact) mass is 474 g/mol. The number of rotatable bonds is 12. The Bertz CT molecular complexity index is 1060. The van der Waals surface area contributed by atoms with Crippen molar-refractivity contribution in [3.05, 3.63) is 89.3 Å². The van der Waals surface area contributed by atoms with E-state index >= 15 is 0 Å². The summed E-state index contributed by atoms with van der Waals surface area (Å²) in [5, 5.41) is 14.1. The highest BCUT2D eigenvalue weighted by molar-refractivity contribution is 7.91. The summed E-state index contributed by atoms with van der Waals surface area (Å²) in [6.07, 6.45) is 0.415. The van der Waals surface area contributed by atoms with E-state index in [-0.39, 0.29) is 24.0 Å². The Labute approximate surface area is 192 Å². The van der Waals surface area contributed by atoms with Crippen LogP contribution in [0.2, 0.25) is 0 Å². The molecule has 7 nitrogen and oxygen atoms in total. The van der Waals surface area contributed by atoms with Gasteiger partial charge in [0.1, 0.15) is 10.3 Å². The van der Waals surface area contributed by atoms with Crippen LogP contribution in [0.4, 0.5) is 0 Å². The molecule has 0 saturated heterocycles. The van der Waals surface area contributed by atoms with E-state index < -0.39 is 28.0 Å². The lowest BCUT2D eigenvalue weighted by atomic mass is 10.1. The second-order valence-electron chi connectivity index (χ2n) is 7.18. The van der Waals surface area contributed by atoms with Crippen molar-refractivity contribution in [3.8, 4) is 0 Å². The first-order valence-corrected chi connectivity index (χ1v) is 12.5. The van der Waals surface area contributed by atoms with Crippen molar-refractivity contribution in [1.82, 2.24) is 10.0 Å². The molecule has 1 heterocycles. The Morgan fingerprint density at radius 3 is 2.22 bits per heavy atom. The third-order valence-electron chi connectivity index (χ3n) is 4.66. The van der Waals surface area contributed by atoms with Crippen molar-refractivity contribution in [2.75, 3.05) is 13.2 Å². The van der Waals surface area contributed by atoms with Gasteiger partial charge in [0.05, 0.1) is 25.9 Å². The molecule has 2 aromatic carbocycles. The molecular weight excluding hydrogens is 448 g/mol. The fraction of sp³-hybridized carbons (Fsp3) is 0.261. The largest absolute Gasteiger partial charge is 0.394 e. The smallest absolute Gasteiger partial charge is 0.250 e. The zero-order valence-corrected chi connectivity index (χ0v) is 19.0. The fourth-order valence-corrected chi connectivity index (χ4v) is 5.25. The highest BCUT2D eigenvalue weighted by Gasteiger charge is 2.28. The fourth-order valence-electron chi connectivity index (χ4n) is 3.06. The molecule has 0 aliphatic rings. The van der Waals surface area contributed by atoms with Crippen molar-refractivity contribution in [3.63, 3.8) is 0 Å². The third-order valence-corrected chi connectivity index (χ3v) is 7.53. The molecule has 3 N–H and O–H groups in total. The van der Waals surface area contributed by atoms with Gasteiger partial charge in [0.25, 0.3) is 10.0 Å². The molecule has 0 unspecified atom stereocenters. The maximum absolute atomic E-state index is 13.0. The first-order chi connectivity index (χ1) is 15.5. The average molecular weight is 475 g/mol. The summed E-state index contributed by atoms with van der Waals surface area (Å²) >= 11 is 1.06. The SMILES string of the molecule is O=C(N[C@H](CO)Cc1ccccc1)[C@@H](COCc1ccccc1)NS(=O)(=O)c1cccs1. The third kappa shape index (κ3) is 7.25. The molecule has 3 rings (SSSR count). The lowest BCUT2D eigenvalue weighted by molar-refractivity contribution is -0.125. The molecule has 0 fully saturated rings. The van der Waals surface area contributed by atoms with Crippen LogP contribution in [0.3, 0.4) is 0 Å². The zero-order chi connectivity index (χ0) is 22.8. The molecule has 1 amide bonds. The topological polar surface area (TPSA) is 105 Å². The first-order valence-electron chi connectivity index (χ1n) is 10.1. The van der Waals surface area contributed by atoms with Gasteiger partial charge in [-0.25, -0.2) is 8.42 Å². The standard InChI is InChI=1S/C23H26N2O5S2/c26-15-20(14-18-8-3-1-4-9-18)24-23(27)21(17-30-16-19-10-5-2-6-11-19)25-32(28,29)22-12-7-13-31-22/h1-13,20-21,25-26H,14-17H2,(H,24,27)/t20-,21+/m0/s1. The maximum atomic E-state index is 13.0. The lowest BCUT2D eigenvalue weighted by Crippen LogP contribution is -2.52. The van der Waals surface area contributed by atoms with Gasteiger partial charge in [-0.3, -0.25) is 4.79 Å². The number of benzene rings is 2.